The Balaban J connectivity index is 2.08. The molecule has 1 aromatic heterocycles. The van der Waals surface area contributed by atoms with Gasteiger partial charge in [0, 0.05) is 22.6 Å². The van der Waals surface area contributed by atoms with Gasteiger partial charge in [-0.3, -0.25) is 9.59 Å². The number of carbonyl (C=O) groups is 2. The van der Waals surface area contributed by atoms with E-state index in [2.05, 4.69) is 19.1 Å². The normalized spacial score (nSPS) is 11.3. The minimum absolute atomic E-state index is 0.233. The van der Waals surface area contributed by atoms with E-state index in [1.165, 1.54) is 35.4 Å². The maximum Gasteiger partial charge on any atom is 0.303 e. The molecule has 0 saturated carbocycles. The maximum atomic E-state index is 11.8. The summed E-state index contributed by atoms with van der Waals surface area (Å²) in [5, 5.41) is 8.58. The molecule has 4 heteroatoms. The molecule has 0 radical (unpaired) electrons. The van der Waals surface area contributed by atoms with Gasteiger partial charge in [-0.1, -0.05) is 51.9 Å². The number of allylic oxidation sites excluding steroid dienone is 1. The molecule has 0 aliphatic carbocycles. The highest BCUT2D eigenvalue weighted by atomic mass is 32.1. The van der Waals surface area contributed by atoms with Crippen molar-refractivity contribution in [2.45, 2.75) is 90.4 Å². The molecule has 0 spiro atoms. The zero-order valence-corrected chi connectivity index (χ0v) is 17.0. The Morgan fingerprint density at radius 2 is 1.58 bits per heavy atom. The van der Waals surface area contributed by atoms with Gasteiger partial charge in [-0.2, -0.15) is 0 Å². The maximum absolute atomic E-state index is 11.8. The van der Waals surface area contributed by atoms with Gasteiger partial charge in [0.2, 0.25) is 0 Å². The Morgan fingerprint density at radius 1 is 0.923 bits per heavy atom. The number of carboxylic acid groups (broad SMARTS) is 1. The van der Waals surface area contributed by atoms with E-state index in [-0.39, 0.29) is 5.78 Å². The van der Waals surface area contributed by atoms with Gasteiger partial charge in [0.25, 0.3) is 0 Å². The van der Waals surface area contributed by atoms with Crippen LogP contribution in [0.25, 0.3) is 6.08 Å². The average Bonchev–Trinajstić information content (AvgIpc) is 3.06. The fourth-order valence-electron chi connectivity index (χ4n) is 2.89. The van der Waals surface area contributed by atoms with Crippen molar-refractivity contribution < 1.29 is 14.7 Å². The highest BCUT2D eigenvalue weighted by Gasteiger charge is 2.01. The lowest BCUT2D eigenvalue weighted by Gasteiger charge is -2.01. The predicted octanol–water partition coefficient (Wildman–Crippen LogP) is 6.66. The molecule has 0 saturated heterocycles. The Hall–Kier alpha value is -1.42. The van der Waals surface area contributed by atoms with Crippen LogP contribution in [-0.4, -0.2) is 16.9 Å². The first-order valence-electron chi connectivity index (χ1n) is 10.1. The van der Waals surface area contributed by atoms with E-state index in [4.69, 9.17) is 5.11 Å². The van der Waals surface area contributed by atoms with Crippen molar-refractivity contribution in [3.8, 4) is 0 Å². The first-order chi connectivity index (χ1) is 12.6. The third-order valence-corrected chi connectivity index (χ3v) is 5.57. The fourth-order valence-corrected chi connectivity index (χ4v) is 3.84. The van der Waals surface area contributed by atoms with Gasteiger partial charge in [-0.15, -0.1) is 11.3 Å². The number of thiophene rings is 1. The zero-order valence-electron chi connectivity index (χ0n) is 16.2. The zero-order chi connectivity index (χ0) is 19.0. The van der Waals surface area contributed by atoms with E-state index in [9.17, 15) is 9.59 Å². The van der Waals surface area contributed by atoms with E-state index < -0.39 is 5.97 Å². The molecule has 1 aromatic rings. The largest absolute Gasteiger partial charge is 0.481 e. The lowest BCUT2D eigenvalue weighted by Crippen LogP contribution is -1.93. The summed E-state index contributed by atoms with van der Waals surface area (Å²) < 4.78 is 0. The molecule has 0 aromatic carbocycles. The number of aryl methyl sites for hydroxylation is 1. The number of hydrogen-bond acceptors (Lipinski definition) is 3. The number of rotatable bonds is 16. The molecule has 0 amide bonds. The summed E-state index contributed by atoms with van der Waals surface area (Å²) in [6, 6.07) is 4.29. The van der Waals surface area contributed by atoms with Gasteiger partial charge < -0.3 is 5.11 Å². The van der Waals surface area contributed by atoms with Gasteiger partial charge in [-0.05, 0) is 50.0 Å². The standard InChI is InChI=1S/C22H34O3S/c1-2-3-9-12-19(23)15-16-21-18-17-20(26-21)13-10-7-5-4-6-8-11-14-22(24)25/h15-18H,2-14H2,1H3,(H,24,25)/b16-15+. The molecule has 1 rings (SSSR count). The van der Waals surface area contributed by atoms with E-state index in [1.807, 2.05) is 6.08 Å². The lowest BCUT2D eigenvalue weighted by molar-refractivity contribution is -0.137. The Labute approximate surface area is 162 Å². The minimum atomic E-state index is -0.684. The SMILES string of the molecule is CCCCCC(=O)/C=C/c1ccc(CCCCCCCCCC(=O)O)s1. The summed E-state index contributed by atoms with van der Waals surface area (Å²) in [6.45, 7) is 2.15. The van der Waals surface area contributed by atoms with Crippen LogP contribution in [0.5, 0.6) is 0 Å². The van der Waals surface area contributed by atoms with Crippen LogP contribution in [0, 0.1) is 0 Å². The molecule has 3 nitrogen and oxygen atoms in total. The molecule has 0 bridgehead atoms. The van der Waals surface area contributed by atoms with E-state index >= 15 is 0 Å². The van der Waals surface area contributed by atoms with Gasteiger partial charge in [0.05, 0.1) is 0 Å². The van der Waals surface area contributed by atoms with Crippen molar-refractivity contribution in [1.29, 1.82) is 0 Å². The van der Waals surface area contributed by atoms with Gasteiger partial charge in [0.15, 0.2) is 5.78 Å². The van der Waals surface area contributed by atoms with Crippen molar-refractivity contribution in [2.24, 2.45) is 0 Å². The first-order valence-corrected chi connectivity index (χ1v) is 10.9. The molecule has 1 N–H and O–H groups in total. The summed E-state index contributed by atoms with van der Waals surface area (Å²) >= 11 is 1.79. The van der Waals surface area contributed by atoms with Crippen LogP contribution in [0.15, 0.2) is 18.2 Å². The Kier molecular flexibility index (Phi) is 12.8. The number of aliphatic carboxylic acids is 1. The minimum Gasteiger partial charge on any atom is -0.481 e. The van der Waals surface area contributed by atoms with Crippen molar-refractivity contribution >= 4 is 29.2 Å². The van der Waals surface area contributed by atoms with Crippen LogP contribution >= 0.6 is 11.3 Å². The number of carbonyl (C=O) groups excluding carboxylic acids is 1. The topological polar surface area (TPSA) is 54.4 Å². The predicted molar refractivity (Wildman–Crippen MR) is 111 cm³/mol. The number of unbranched alkanes of at least 4 members (excludes halogenated alkanes) is 8. The molecular formula is C22H34O3S. The van der Waals surface area contributed by atoms with E-state index in [1.54, 1.807) is 17.4 Å². The molecule has 0 aliphatic heterocycles. The fraction of sp³-hybridized carbons (Fsp3) is 0.636. The molecular weight excluding hydrogens is 344 g/mol. The third kappa shape index (κ3) is 12.0. The summed E-state index contributed by atoms with van der Waals surface area (Å²) in [5.41, 5.74) is 0. The lowest BCUT2D eigenvalue weighted by atomic mass is 10.1. The smallest absolute Gasteiger partial charge is 0.303 e. The van der Waals surface area contributed by atoms with Crippen molar-refractivity contribution in [2.75, 3.05) is 0 Å². The van der Waals surface area contributed by atoms with Crippen molar-refractivity contribution in [1.82, 2.24) is 0 Å². The first kappa shape index (κ1) is 22.6. The number of carboxylic acids is 1. The summed E-state index contributed by atoms with van der Waals surface area (Å²) in [5.74, 6) is -0.451. The van der Waals surface area contributed by atoms with Crippen LogP contribution in [0.2, 0.25) is 0 Å². The second-order valence-corrected chi connectivity index (χ2v) is 8.13. The van der Waals surface area contributed by atoms with Crippen LogP contribution in [0.1, 0.15) is 93.7 Å². The number of ketones is 1. The van der Waals surface area contributed by atoms with Gasteiger partial charge in [-0.25, -0.2) is 0 Å². The van der Waals surface area contributed by atoms with Crippen molar-refractivity contribution in [3.63, 3.8) is 0 Å². The number of hydrogen-bond donors (Lipinski definition) is 1. The second kappa shape index (κ2) is 14.7. The van der Waals surface area contributed by atoms with Crippen LogP contribution in [0.4, 0.5) is 0 Å². The van der Waals surface area contributed by atoms with Gasteiger partial charge in [0.1, 0.15) is 0 Å². The summed E-state index contributed by atoms with van der Waals surface area (Å²) in [4.78, 5) is 24.7. The van der Waals surface area contributed by atoms with E-state index in [0.29, 0.717) is 12.8 Å². The van der Waals surface area contributed by atoms with E-state index in [0.717, 1.165) is 44.9 Å². The third-order valence-electron chi connectivity index (χ3n) is 4.46. The highest BCUT2D eigenvalue weighted by Crippen LogP contribution is 2.21. The van der Waals surface area contributed by atoms with Crippen molar-refractivity contribution in [3.05, 3.63) is 28.0 Å². The highest BCUT2D eigenvalue weighted by molar-refractivity contribution is 7.12. The molecule has 0 atom stereocenters. The molecule has 0 unspecified atom stereocenters. The summed E-state index contributed by atoms with van der Waals surface area (Å²) in [7, 11) is 0. The van der Waals surface area contributed by atoms with Crippen LogP contribution < -0.4 is 0 Å². The van der Waals surface area contributed by atoms with Gasteiger partial charge >= 0.3 is 5.97 Å². The quantitative estimate of drug-likeness (QED) is 0.258. The van der Waals surface area contributed by atoms with Crippen LogP contribution in [0.3, 0.4) is 0 Å². The Morgan fingerprint density at radius 3 is 2.27 bits per heavy atom. The average molecular weight is 379 g/mol. The molecule has 146 valence electrons. The Bertz CT molecular complexity index is 545. The monoisotopic (exact) mass is 378 g/mol. The molecule has 26 heavy (non-hydrogen) atoms. The molecule has 0 aliphatic rings. The molecule has 1 heterocycles. The second-order valence-electron chi connectivity index (χ2n) is 6.93. The summed E-state index contributed by atoms with van der Waals surface area (Å²) in [6.07, 6.45) is 16.9. The molecule has 0 fully saturated rings. The van der Waals surface area contributed by atoms with Crippen LogP contribution in [-0.2, 0) is 16.0 Å².